The lowest BCUT2D eigenvalue weighted by atomic mass is 10.0. The average molecular weight is 1620 g/mol. The molecule has 0 spiro atoms. The lowest BCUT2D eigenvalue weighted by Gasteiger charge is -2.21. The molecule has 0 amide bonds. The molecule has 0 aliphatic carbocycles. The number of aliphatic hydroxyl groups excluding tert-OH is 2. The molecule has 0 saturated carbocycles. The van der Waals surface area contributed by atoms with E-state index in [1.165, 1.54) is 141 Å². The average Bonchev–Trinajstić information content (AvgIpc) is 0.902. The van der Waals surface area contributed by atoms with Gasteiger partial charge in [-0.05, 0) is 148 Å². The topological polar surface area (TPSA) is 231 Å². The summed E-state index contributed by atoms with van der Waals surface area (Å²) in [7, 11) is -9.84. The molecule has 0 aromatic rings. The van der Waals surface area contributed by atoms with E-state index in [1.807, 2.05) is 18.2 Å². The van der Waals surface area contributed by atoms with Gasteiger partial charge in [-0.2, -0.15) is 0 Å². The Bertz CT molecular complexity index is 2780. The minimum Gasteiger partial charge on any atom is -0.463 e. The molecule has 5 atom stereocenters. The molecule has 18 heteroatoms. The summed E-state index contributed by atoms with van der Waals surface area (Å²) in [6.07, 6.45) is 112. The molecule has 113 heavy (non-hydrogen) atoms. The van der Waals surface area contributed by atoms with Gasteiger partial charge in [0.1, 0.15) is 25.4 Å². The van der Waals surface area contributed by atoms with Gasteiger partial charge in [-0.3, -0.25) is 32.5 Å². The van der Waals surface area contributed by atoms with Crippen LogP contribution < -0.4 is 0 Å². The van der Waals surface area contributed by atoms with Crippen LogP contribution in [0.5, 0.6) is 0 Å². The van der Waals surface area contributed by atoms with Crippen molar-refractivity contribution in [2.45, 2.75) is 360 Å². The maximum atomic E-state index is 13.0. The molecule has 0 fully saturated rings. The maximum Gasteiger partial charge on any atom is 0.472 e. The second-order valence-corrected chi connectivity index (χ2v) is 31.8. The number of phosphoric ester groups is 2. The second-order valence-electron chi connectivity index (χ2n) is 28.9. The normalized spacial score (nSPS) is 14.7. The van der Waals surface area contributed by atoms with Gasteiger partial charge in [-0.25, -0.2) is 9.13 Å². The Morgan fingerprint density at radius 3 is 0.779 bits per heavy atom. The summed E-state index contributed by atoms with van der Waals surface area (Å²) in [5, 5.41) is 20.7. The summed E-state index contributed by atoms with van der Waals surface area (Å²) in [5.74, 6) is -1.68. The molecular formula is C95H158O16P2. The molecule has 0 rings (SSSR count). The molecule has 0 bridgehead atoms. The van der Waals surface area contributed by atoms with Crippen LogP contribution >= 0.6 is 15.6 Å². The van der Waals surface area contributed by atoms with E-state index in [4.69, 9.17) is 32.3 Å². The summed E-state index contributed by atoms with van der Waals surface area (Å²) in [6, 6.07) is 0. The monoisotopic (exact) mass is 1620 g/mol. The molecule has 0 heterocycles. The van der Waals surface area contributed by atoms with Crippen LogP contribution in [0.3, 0.4) is 0 Å². The Morgan fingerprint density at radius 1 is 0.257 bits per heavy atom. The highest BCUT2D eigenvalue weighted by Crippen LogP contribution is 2.45. The minimum absolute atomic E-state index is 0.0269. The number of hydrogen-bond acceptors (Lipinski definition) is 14. The second kappa shape index (κ2) is 86.0. The predicted octanol–water partition coefficient (Wildman–Crippen LogP) is 26.9. The molecular weight excluding hydrogens is 1460 g/mol. The predicted molar refractivity (Wildman–Crippen MR) is 472 cm³/mol. The van der Waals surface area contributed by atoms with Crippen molar-refractivity contribution < 1.29 is 75.8 Å². The quantitative estimate of drug-likeness (QED) is 0.0146. The Morgan fingerprint density at radius 2 is 0.487 bits per heavy atom. The first kappa shape index (κ1) is 108. The zero-order valence-corrected chi connectivity index (χ0v) is 72.5. The van der Waals surface area contributed by atoms with Gasteiger partial charge in [0, 0.05) is 19.3 Å². The summed E-state index contributed by atoms with van der Waals surface area (Å²) >= 11 is 0. The number of hydrogen-bond donors (Lipinski definition) is 4. The lowest BCUT2D eigenvalue weighted by molar-refractivity contribution is -0.161. The molecule has 0 aliphatic heterocycles. The van der Waals surface area contributed by atoms with Crippen molar-refractivity contribution >= 4 is 33.6 Å². The first-order valence-corrected chi connectivity index (χ1v) is 47.1. The zero-order chi connectivity index (χ0) is 82.2. The number of allylic oxidation sites excluding steroid dienone is 30. The van der Waals surface area contributed by atoms with Crippen LogP contribution in [0, 0.1) is 0 Å². The molecule has 0 radical (unpaired) electrons. The van der Waals surface area contributed by atoms with Gasteiger partial charge in [-0.15, -0.1) is 0 Å². The molecule has 0 aromatic heterocycles. The standard InChI is InChI=1S/C95H158O16P2/c1-4-7-10-13-16-19-22-25-28-31-34-36-38-40-42-43-44-45-47-49-50-52-55-57-60-63-66-69-72-75-78-81-93(98)105-84-90(96)85-107-112(101,102)108-86-91(97)87-109-113(103,104)110-89-92(111-95(100)83-80-77-74-71-68-65-62-59-54-33-30-27-24-21-18-15-12-9-6-3)88-106-94(99)82-79-76-73-70-67-64-61-58-56-53-51-48-46-41-39-37-35-32-29-26-23-20-17-14-11-8-5-2/h8-9,11-12,16-21,25-30,34-37,40-42,46,54,59,65,68,74,77,90-92,96-97H,4-7,10,13-15,22-24,31-33,38-39,43-45,47-53,55-58,60-64,66-67,69-73,75-76,78-89H2,1-3H3,(H,101,102)(H,103,104)/b11-8-,12-9-,19-16-,20-17-,21-18-,28-25-,29-26-,30-27-,36-34-,37-35-,42-40-,46-41-,59-54-,68-65-,77-74-. The van der Waals surface area contributed by atoms with Gasteiger partial charge >= 0.3 is 33.6 Å². The van der Waals surface area contributed by atoms with E-state index in [1.54, 1.807) is 0 Å². The fourth-order valence-electron chi connectivity index (χ4n) is 11.5. The fraction of sp³-hybridized carbons (Fsp3) is 0.653. The van der Waals surface area contributed by atoms with Crippen LogP contribution in [-0.4, -0.2) is 95.9 Å². The third kappa shape index (κ3) is 87.3. The zero-order valence-electron chi connectivity index (χ0n) is 70.7. The lowest BCUT2D eigenvalue weighted by Crippen LogP contribution is -2.29. The van der Waals surface area contributed by atoms with E-state index < -0.39 is 91.5 Å². The van der Waals surface area contributed by atoms with E-state index in [-0.39, 0.29) is 19.3 Å². The Kier molecular flexibility index (Phi) is 81.9. The number of carbonyl (C=O) groups excluding carboxylic acids is 3. The van der Waals surface area contributed by atoms with E-state index in [0.717, 1.165) is 135 Å². The largest absolute Gasteiger partial charge is 0.472 e. The number of unbranched alkanes of at least 4 members (excludes halogenated alkanes) is 29. The molecule has 644 valence electrons. The molecule has 0 saturated heterocycles. The first-order chi connectivity index (χ1) is 55.2. The van der Waals surface area contributed by atoms with Crippen molar-refractivity contribution in [2.24, 2.45) is 0 Å². The van der Waals surface area contributed by atoms with Crippen LogP contribution in [0.25, 0.3) is 0 Å². The molecule has 0 aromatic carbocycles. The van der Waals surface area contributed by atoms with Gasteiger partial charge in [0.2, 0.25) is 0 Å². The van der Waals surface area contributed by atoms with Gasteiger partial charge in [0.05, 0.1) is 26.4 Å². The number of esters is 3. The first-order valence-electron chi connectivity index (χ1n) is 44.1. The number of aliphatic hydroxyl groups is 2. The molecule has 0 aliphatic rings. The van der Waals surface area contributed by atoms with E-state index in [9.17, 15) is 43.5 Å². The SMILES string of the molecule is CC/C=C\C/C=C\C/C=C\C/C=C\C/C=C\C/C=C\CCC(=O)OC(COC(=O)CCCCCCCCCCCCC/C=C\C/C=C\C/C=C\C/C=C\C/C=C\CC)COP(=O)(O)OCC(O)COP(=O)(O)OCC(O)COC(=O)CCCCCCCCCCCCCCCCC/C=C\C/C=C\C/C=C\C/C=C\CCCCC. The third-order valence-electron chi connectivity index (χ3n) is 18.1. The van der Waals surface area contributed by atoms with Crippen LogP contribution in [0.15, 0.2) is 182 Å². The van der Waals surface area contributed by atoms with Crippen LogP contribution in [0.2, 0.25) is 0 Å². The van der Waals surface area contributed by atoms with Crippen molar-refractivity contribution in [2.75, 3.05) is 39.6 Å². The fourth-order valence-corrected chi connectivity index (χ4v) is 13.1. The van der Waals surface area contributed by atoms with E-state index in [2.05, 4.69) is 185 Å². The highest BCUT2D eigenvalue weighted by molar-refractivity contribution is 7.47. The maximum absolute atomic E-state index is 13.0. The number of rotatable bonds is 82. The van der Waals surface area contributed by atoms with Crippen molar-refractivity contribution in [3.63, 3.8) is 0 Å². The van der Waals surface area contributed by atoms with Crippen LogP contribution in [0.4, 0.5) is 0 Å². The minimum atomic E-state index is -4.96. The summed E-state index contributed by atoms with van der Waals surface area (Å²) < 4.78 is 61.3. The van der Waals surface area contributed by atoms with Gasteiger partial charge in [-0.1, -0.05) is 357 Å². The summed E-state index contributed by atoms with van der Waals surface area (Å²) in [6.45, 7) is 2.35. The highest BCUT2D eigenvalue weighted by Gasteiger charge is 2.29. The van der Waals surface area contributed by atoms with Crippen LogP contribution in [0.1, 0.15) is 342 Å². The van der Waals surface area contributed by atoms with Crippen molar-refractivity contribution in [1.82, 2.24) is 0 Å². The van der Waals surface area contributed by atoms with Crippen molar-refractivity contribution in [3.8, 4) is 0 Å². The highest BCUT2D eigenvalue weighted by atomic mass is 31.2. The van der Waals surface area contributed by atoms with E-state index >= 15 is 0 Å². The Labute approximate surface area is 687 Å². The number of ether oxygens (including phenoxy) is 3. The molecule has 5 unspecified atom stereocenters. The van der Waals surface area contributed by atoms with Gasteiger partial charge in [0.15, 0.2) is 6.10 Å². The van der Waals surface area contributed by atoms with Gasteiger partial charge in [0.25, 0.3) is 0 Å². The Hall–Kier alpha value is -5.35. The Balaban J connectivity index is 4.61. The number of carbonyl (C=O) groups is 3. The van der Waals surface area contributed by atoms with Crippen LogP contribution in [-0.2, 0) is 55.8 Å². The number of phosphoric acid groups is 2. The van der Waals surface area contributed by atoms with E-state index in [0.29, 0.717) is 25.7 Å². The summed E-state index contributed by atoms with van der Waals surface area (Å²) in [5.41, 5.74) is 0. The summed E-state index contributed by atoms with van der Waals surface area (Å²) in [4.78, 5) is 58.8. The molecule has 4 N–H and O–H groups in total. The third-order valence-corrected chi connectivity index (χ3v) is 20.0. The van der Waals surface area contributed by atoms with Crippen molar-refractivity contribution in [1.29, 1.82) is 0 Å². The smallest absolute Gasteiger partial charge is 0.463 e. The van der Waals surface area contributed by atoms with Gasteiger partial charge < -0.3 is 34.2 Å². The van der Waals surface area contributed by atoms with Crippen molar-refractivity contribution in [3.05, 3.63) is 182 Å². The molecule has 16 nitrogen and oxygen atoms in total.